The van der Waals surface area contributed by atoms with E-state index in [0.717, 1.165) is 0 Å². The molecule has 0 saturated carbocycles. The van der Waals surface area contributed by atoms with Crippen molar-refractivity contribution < 1.29 is 0 Å². The van der Waals surface area contributed by atoms with Crippen molar-refractivity contribution in [2.75, 3.05) is 0 Å². The molecule has 156 valence electrons. The van der Waals surface area contributed by atoms with E-state index in [-0.39, 0.29) is 6.71 Å². The first-order valence-corrected chi connectivity index (χ1v) is 12.0. The molecule has 2 aromatic heterocycles. The number of fused-ring (bicyclic) bond motifs is 10. The molecule has 5 aromatic carbocycles. The van der Waals surface area contributed by atoms with Gasteiger partial charge in [-0.05, 0) is 53.6 Å². The molecule has 3 heteroatoms. The van der Waals surface area contributed by atoms with E-state index in [0.29, 0.717) is 0 Å². The number of aromatic nitrogens is 2. The molecular formula is C31H19BN2. The summed E-state index contributed by atoms with van der Waals surface area (Å²) >= 11 is 0. The Balaban J connectivity index is 1.57. The Kier molecular flexibility index (Phi) is 2.86. The Bertz CT molecular complexity index is 2040. The fourth-order valence-corrected chi connectivity index (χ4v) is 6.93. The van der Waals surface area contributed by atoms with Crippen LogP contribution in [0.5, 0.6) is 0 Å². The first-order valence-electron chi connectivity index (χ1n) is 12.0. The Morgan fingerprint density at radius 1 is 0.529 bits per heavy atom. The summed E-state index contributed by atoms with van der Waals surface area (Å²) in [6, 6.07) is 36.4. The number of hydrogen-bond donors (Lipinski definition) is 0. The standard InChI is InChI=1S/C31H19BN2/c1-18-15-16-26-22(17-18)21-9-5-11-24-31(21)34(26)28-14-6-13-27-29(28)32(24)23-10-4-8-20-19-7-2-3-12-25(19)33(27)30(20)23/h2-17H,1H3. The van der Waals surface area contributed by atoms with Crippen LogP contribution in [-0.4, -0.2) is 15.8 Å². The third kappa shape index (κ3) is 1.78. The van der Waals surface area contributed by atoms with E-state index in [4.69, 9.17) is 0 Å². The zero-order chi connectivity index (χ0) is 22.1. The van der Waals surface area contributed by atoms with Crippen LogP contribution in [0.15, 0.2) is 97.1 Å². The van der Waals surface area contributed by atoms with Gasteiger partial charge in [-0.2, -0.15) is 0 Å². The minimum Gasteiger partial charge on any atom is -0.310 e. The fourth-order valence-electron chi connectivity index (χ4n) is 6.93. The van der Waals surface area contributed by atoms with Crippen molar-refractivity contribution in [2.45, 2.75) is 6.92 Å². The highest BCUT2D eigenvalue weighted by Gasteiger charge is 2.40. The first kappa shape index (κ1) is 17.3. The van der Waals surface area contributed by atoms with Crippen LogP contribution in [0.4, 0.5) is 0 Å². The summed E-state index contributed by atoms with van der Waals surface area (Å²) in [6.07, 6.45) is 0. The molecule has 9 rings (SSSR count). The first-order chi connectivity index (χ1) is 16.8. The number of para-hydroxylation sites is 3. The molecule has 0 spiro atoms. The average molecular weight is 430 g/mol. The molecule has 0 aliphatic carbocycles. The molecule has 2 aliphatic rings. The molecule has 34 heavy (non-hydrogen) atoms. The third-order valence-electron chi connectivity index (χ3n) is 8.15. The molecule has 2 nitrogen and oxygen atoms in total. The summed E-state index contributed by atoms with van der Waals surface area (Å²) in [6.45, 7) is 2.42. The number of rotatable bonds is 0. The van der Waals surface area contributed by atoms with Gasteiger partial charge >= 0.3 is 0 Å². The topological polar surface area (TPSA) is 9.86 Å². The zero-order valence-electron chi connectivity index (χ0n) is 18.7. The lowest BCUT2D eigenvalue weighted by atomic mass is 9.34. The predicted octanol–water partition coefficient (Wildman–Crippen LogP) is 5.33. The van der Waals surface area contributed by atoms with Crippen LogP contribution in [0, 0.1) is 6.92 Å². The van der Waals surface area contributed by atoms with E-state index < -0.39 is 0 Å². The maximum atomic E-state index is 2.52. The van der Waals surface area contributed by atoms with Crippen LogP contribution in [0.3, 0.4) is 0 Å². The van der Waals surface area contributed by atoms with Gasteiger partial charge in [0.2, 0.25) is 0 Å². The lowest BCUT2D eigenvalue weighted by Crippen LogP contribution is -2.59. The SMILES string of the molecule is Cc1ccc2c(c1)c1cccc3c1n2-c1cccc2c1B3c1cccc3c4ccccc4n-2c13. The number of benzene rings is 5. The number of aryl methyl sites for hydroxylation is 1. The summed E-state index contributed by atoms with van der Waals surface area (Å²) in [5.41, 5.74) is 13.5. The monoisotopic (exact) mass is 430 g/mol. The number of nitrogens with zero attached hydrogens (tertiary/aromatic N) is 2. The van der Waals surface area contributed by atoms with Crippen molar-refractivity contribution in [1.29, 1.82) is 0 Å². The molecule has 2 aliphatic heterocycles. The van der Waals surface area contributed by atoms with Crippen molar-refractivity contribution in [3.05, 3.63) is 103 Å². The second-order valence-corrected chi connectivity index (χ2v) is 9.84. The normalized spacial score (nSPS) is 13.4. The molecular weight excluding hydrogens is 411 g/mol. The smallest absolute Gasteiger partial charge is 0.252 e. The summed E-state index contributed by atoms with van der Waals surface area (Å²) in [5.74, 6) is 0. The summed E-state index contributed by atoms with van der Waals surface area (Å²) in [4.78, 5) is 0. The highest BCUT2D eigenvalue weighted by molar-refractivity contribution is 7.00. The van der Waals surface area contributed by atoms with Gasteiger partial charge in [-0.25, -0.2) is 0 Å². The van der Waals surface area contributed by atoms with Gasteiger partial charge in [-0.3, -0.25) is 0 Å². The van der Waals surface area contributed by atoms with Crippen molar-refractivity contribution in [3.8, 4) is 11.4 Å². The van der Waals surface area contributed by atoms with Crippen LogP contribution < -0.4 is 16.4 Å². The second-order valence-electron chi connectivity index (χ2n) is 9.84. The summed E-state index contributed by atoms with van der Waals surface area (Å²) in [7, 11) is 0. The average Bonchev–Trinajstić information content (AvgIpc) is 3.39. The lowest BCUT2D eigenvalue weighted by Gasteiger charge is -2.33. The van der Waals surface area contributed by atoms with Gasteiger partial charge in [0.15, 0.2) is 0 Å². The maximum absolute atomic E-state index is 2.52. The molecule has 0 unspecified atom stereocenters. The third-order valence-corrected chi connectivity index (χ3v) is 8.15. The molecule has 0 fully saturated rings. The van der Waals surface area contributed by atoms with E-state index in [2.05, 4.69) is 113 Å². The lowest BCUT2D eigenvalue weighted by molar-refractivity contribution is 1.14. The zero-order valence-corrected chi connectivity index (χ0v) is 18.7. The minimum absolute atomic E-state index is 0.230. The summed E-state index contributed by atoms with van der Waals surface area (Å²) in [5, 5.41) is 5.37. The molecule has 0 bridgehead atoms. The van der Waals surface area contributed by atoms with Gasteiger partial charge in [0, 0.05) is 44.0 Å². The van der Waals surface area contributed by atoms with Crippen molar-refractivity contribution in [3.63, 3.8) is 0 Å². The predicted molar refractivity (Wildman–Crippen MR) is 145 cm³/mol. The van der Waals surface area contributed by atoms with E-state index in [9.17, 15) is 0 Å². The van der Waals surface area contributed by atoms with Gasteiger partial charge < -0.3 is 9.13 Å². The van der Waals surface area contributed by atoms with Gasteiger partial charge in [-0.15, -0.1) is 0 Å². The maximum Gasteiger partial charge on any atom is 0.252 e. The van der Waals surface area contributed by atoms with Gasteiger partial charge in [-0.1, -0.05) is 72.3 Å². The Morgan fingerprint density at radius 3 is 1.85 bits per heavy atom. The molecule has 0 amide bonds. The van der Waals surface area contributed by atoms with Crippen LogP contribution in [0.2, 0.25) is 0 Å². The molecule has 0 atom stereocenters. The van der Waals surface area contributed by atoms with Crippen LogP contribution >= 0.6 is 0 Å². The molecule has 7 aromatic rings. The summed E-state index contributed by atoms with van der Waals surface area (Å²) < 4.78 is 5.03. The Morgan fingerprint density at radius 2 is 1.12 bits per heavy atom. The largest absolute Gasteiger partial charge is 0.310 e. The molecule has 4 heterocycles. The second kappa shape index (κ2) is 5.63. The number of hydrogen-bond acceptors (Lipinski definition) is 0. The Hall–Kier alpha value is -4.24. The van der Waals surface area contributed by atoms with E-state index in [1.807, 2.05) is 0 Å². The fraction of sp³-hybridized carbons (Fsp3) is 0.0323. The van der Waals surface area contributed by atoms with E-state index in [1.165, 1.54) is 76.9 Å². The van der Waals surface area contributed by atoms with E-state index >= 15 is 0 Å². The van der Waals surface area contributed by atoms with Crippen molar-refractivity contribution >= 4 is 66.7 Å². The van der Waals surface area contributed by atoms with Crippen LogP contribution in [-0.2, 0) is 0 Å². The minimum atomic E-state index is 0.230. The highest BCUT2D eigenvalue weighted by Crippen LogP contribution is 2.38. The van der Waals surface area contributed by atoms with Gasteiger partial charge in [0.1, 0.15) is 0 Å². The molecule has 0 N–H and O–H groups in total. The van der Waals surface area contributed by atoms with Crippen LogP contribution in [0.25, 0.3) is 55.0 Å². The molecule has 0 saturated heterocycles. The quantitative estimate of drug-likeness (QED) is 0.288. The highest BCUT2D eigenvalue weighted by atomic mass is 15.0. The van der Waals surface area contributed by atoms with Crippen molar-refractivity contribution in [1.82, 2.24) is 9.13 Å². The van der Waals surface area contributed by atoms with E-state index in [1.54, 1.807) is 0 Å². The van der Waals surface area contributed by atoms with Gasteiger partial charge in [0.25, 0.3) is 6.71 Å². The Labute approximate surface area is 196 Å². The van der Waals surface area contributed by atoms with Crippen molar-refractivity contribution in [2.24, 2.45) is 0 Å². The van der Waals surface area contributed by atoms with Gasteiger partial charge in [0.05, 0.1) is 11.0 Å². The molecule has 0 radical (unpaired) electrons. The van der Waals surface area contributed by atoms with Crippen LogP contribution in [0.1, 0.15) is 5.56 Å².